The van der Waals surface area contributed by atoms with E-state index in [-0.39, 0.29) is 18.3 Å². The monoisotopic (exact) mass is 248 g/mol. The number of benzene rings is 1. The largest absolute Gasteiger partial charge is 0.399 e. The van der Waals surface area contributed by atoms with E-state index in [9.17, 15) is 4.79 Å². The molecule has 3 nitrogen and oxygen atoms in total. The van der Waals surface area contributed by atoms with E-state index >= 15 is 0 Å². The van der Waals surface area contributed by atoms with Gasteiger partial charge in [0.1, 0.15) is 0 Å². The predicted molar refractivity (Wildman–Crippen MR) is 65.7 cm³/mol. The third-order valence-electron chi connectivity index (χ3n) is 1.77. The smallest absolute Gasteiger partial charge is 0.252 e. The van der Waals surface area contributed by atoms with E-state index in [1.165, 1.54) is 0 Å². The second-order valence-corrected chi connectivity index (χ2v) is 3.40. The van der Waals surface area contributed by atoms with Crippen LogP contribution in [0.3, 0.4) is 0 Å². The highest BCUT2D eigenvalue weighted by atomic mass is 35.5. The fourth-order valence-corrected chi connectivity index (χ4v) is 1.25. The van der Waals surface area contributed by atoms with Crippen LogP contribution in [0.15, 0.2) is 18.2 Å². The van der Waals surface area contributed by atoms with E-state index in [0.717, 1.165) is 6.42 Å². The average Bonchev–Trinajstić information content (AvgIpc) is 2.18. The molecule has 0 aromatic heterocycles. The van der Waals surface area contributed by atoms with Crippen LogP contribution >= 0.6 is 24.0 Å². The lowest BCUT2D eigenvalue weighted by Gasteiger charge is -2.05. The number of nitrogens with two attached hydrogens (primary N) is 1. The van der Waals surface area contributed by atoms with Crippen LogP contribution in [0.1, 0.15) is 23.7 Å². The van der Waals surface area contributed by atoms with E-state index in [2.05, 4.69) is 5.32 Å². The van der Waals surface area contributed by atoms with E-state index in [0.29, 0.717) is 22.8 Å². The van der Waals surface area contributed by atoms with E-state index < -0.39 is 0 Å². The highest BCUT2D eigenvalue weighted by Crippen LogP contribution is 2.18. The van der Waals surface area contributed by atoms with Crippen molar-refractivity contribution in [2.75, 3.05) is 12.3 Å². The van der Waals surface area contributed by atoms with Crippen LogP contribution in [-0.2, 0) is 0 Å². The molecule has 0 bridgehead atoms. The Labute approximate surface area is 100 Å². The summed E-state index contributed by atoms with van der Waals surface area (Å²) in [5, 5.41) is 3.16. The Bertz CT molecular complexity index is 342. The van der Waals surface area contributed by atoms with Crippen molar-refractivity contribution in [3.63, 3.8) is 0 Å². The van der Waals surface area contributed by atoms with Gasteiger partial charge in [-0.05, 0) is 24.6 Å². The lowest BCUT2D eigenvalue weighted by Crippen LogP contribution is -2.24. The summed E-state index contributed by atoms with van der Waals surface area (Å²) in [6, 6.07) is 4.87. The van der Waals surface area contributed by atoms with E-state index in [1.807, 2.05) is 6.92 Å². The third-order valence-corrected chi connectivity index (χ3v) is 2.10. The average molecular weight is 249 g/mol. The zero-order valence-corrected chi connectivity index (χ0v) is 9.99. The van der Waals surface area contributed by atoms with E-state index in [4.69, 9.17) is 17.3 Å². The first kappa shape index (κ1) is 14.1. The second-order valence-electron chi connectivity index (χ2n) is 3.00. The van der Waals surface area contributed by atoms with Gasteiger partial charge in [-0.1, -0.05) is 18.5 Å². The number of nitrogens with one attached hydrogen (secondary N) is 1. The van der Waals surface area contributed by atoms with Gasteiger partial charge >= 0.3 is 0 Å². The molecule has 0 atom stereocenters. The zero-order valence-electron chi connectivity index (χ0n) is 8.42. The summed E-state index contributed by atoms with van der Waals surface area (Å²) in [6.45, 7) is 2.63. The quantitative estimate of drug-likeness (QED) is 0.808. The lowest BCUT2D eigenvalue weighted by molar-refractivity contribution is 0.0954. The molecule has 0 aliphatic carbocycles. The Hall–Kier alpha value is -0.930. The molecule has 0 aliphatic rings. The molecule has 84 valence electrons. The molecule has 0 aliphatic heterocycles. The fraction of sp³-hybridized carbons (Fsp3) is 0.300. The van der Waals surface area contributed by atoms with Crippen LogP contribution < -0.4 is 11.1 Å². The molecule has 0 unspecified atom stereocenters. The van der Waals surface area contributed by atoms with Gasteiger partial charge in [-0.15, -0.1) is 12.4 Å². The molecular weight excluding hydrogens is 235 g/mol. The molecule has 1 amide bonds. The first-order valence-electron chi connectivity index (χ1n) is 4.48. The fourth-order valence-electron chi connectivity index (χ4n) is 1.05. The van der Waals surface area contributed by atoms with Crippen molar-refractivity contribution in [2.24, 2.45) is 0 Å². The number of hydrogen-bond donors (Lipinski definition) is 2. The Morgan fingerprint density at radius 1 is 1.53 bits per heavy atom. The van der Waals surface area contributed by atoms with Crippen molar-refractivity contribution in [2.45, 2.75) is 13.3 Å². The molecule has 0 radical (unpaired) electrons. The van der Waals surface area contributed by atoms with Crippen molar-refractivity contribution in [3.05, 3.63) is 28.8 Å². The van der Waals surface area contributed by atoms with E-state index in [1.54, 1.807) is 18.2 Å². The van der Waals surface area contributed by atoms with Gasteiger partial charge in [0.15, 0.2) is 0 Å². The van der Waals surface area contributed by atoms with Gasteiger partial charge in [0, 0.05) is 12.2 Å². The first-order valence-corrected chi connectivity index (χ1v) is 4.86. The molecule has 1 rings (SSSR count). The van der Waals surface area contributed by atoms with Crippen molar-refractivity contribution in [1.82, 2.24) is 5.32 Å². The zero-order chi connectivity index (χ0) is 10.6. The van der Waals surface area contributed by atoms with Crippen LogP contribution in [0.2, 0.25) is 5.02 Å². The normalized spacial score (nSPS) is 9.20. The van der Waals surface area contributed by atoms with Crippen molar-refractivity contribution >= 4 is 35.6 Å². The molecule has 5 heteroatoms. The van der Waals surface area contributed by atoms with Gasteiger partial charge in [-0.2, -0.15) is 0 Å². The number of nitrogen functional groups attached to an aromatic ring is 1. The minimum absolute atomic E-state index is 0. The van der Waals surface area contributed by atoms with Gasteiger partial charge in [0.2, 0.25) is 0 Å². The number of carbonyl (C=O) groups is 1. The van der Waals surface area contributed by atoms with Crippen LogP contribution in [0.25, 0.3) is 0 Å². The van der Waals surface area contributed by atoms with Gasteiger partial charge in [-0.3, -0.25) is 4.79 Å². The summed E-state index contributed by atoms with van der Waals surface area (Å²) < 4.78 is 0. The number of halogens is 2. The molecule has 0 fully saturated rings. The van der Waals surface area contributed by atoms with Crippen LogP contribution in [0.4, 0.5) is 5.69 Å². The number of rotatable bonds is 3. The molecule has 1 aromatic carbocycles. The van der Waals surface area contributed by atoms with Crippen molar-refractivity contribution < 1.29 is 4.79 Å². The molecular formula is C10H14Cl2N2O. The summed E-state index contributed by atoms with van der Waals surface area (Å²) in [5.41, 5.74) is 6.52. The maximum atomic E-state index is 11.5. The predicted octanol–water partition coefficient (Wildman–Crippen LogP) is 2.48. The van der Waals surface area contributed by atoms with Crippen molar-refractivity contribution in [3.8, 4) is 0 Å². The van der Waals surface area contributed by atoms with Crippen LogP contribution in [0, 0.1) is 0 Å². The molecule has 0 saturated carbocycles. The van der Waals surface area contributed by atoms with Gasteiger partial charge in [-0.25, -0.2) is 0 Å². The minimum Gasteiger partial charge on any atom is -0.399 e. The molecule has 0 heterocycles. The molecule has 3 N–H and O–H groups in total. The van der Waals surface area contributed by atoms with Gasteiger partial charge in [0.25, 0.3) is 5.91 Å². The number of hydrogen-bond acceptors (Lipinski definition) is 2. The SMILES string of the molecule is CCCNC(=O)c1cc(N)ccc1Cl.Cl. The van der Waals surface area contributed by atoms with Gasteiger partial charge in [0.05, 0.1) is 10.6 Å². The Kier molecular flexibility index (Phi) is 6.13. The topological polar surface area (TPSA) is 55.1 Å². The summed E-state index contributed by atoms with van der Waals surface area (Å²) in [5.74, 6) is -0.177. The molecule has 0 spiro atoms. The highest BCUT2D eigenvalue weighted by Gasteiger charge is 2.09. The number of amides is 1. The molecule has 0 saturated heterocycles. The minimum atomic E-state index is -0.177. The van der Waals surface area contributed by atoms with Crippen molar-refractivity contribution in [1.29, 1.82) is 0 Å². The lowest BCUT2D eigenvalue weighted by atomic mass is 10.2. The number of anilines is 1. The highest BCUT2D eigenvalue weighted by molar-refractivity contribution is 6.34. The summed E-state index contributed by atoms with van der Waals surface area (Å²) >= 11 is 5.85. The standard InChI is InChI=1S/C10H13ClN2O.ClH/c1-2-5-13-10(14)8-6-7(12)3-4-9(8)11;/h3-4,6H,2,5,12H2,1H3,(H,13,14);1H. The van der Waals surface area contributed by atoms with Crippen LogP contribution in [-0.4, -0.2) is 12.5 Å². The summed E-state index contributed by atoms with van der Waals surface area (Å²) in [7, 11) is 0. The maximum absolute atomic E-state index is 11.5. The maximum Gasteiger partial charge on any atom is 0.252 e. The molecule has 1 aromatic rings. The van der Waals surface area contributed by atoms with Crippen LogP contribution in [0.5, 0.6) is 0 Å². The first-order chi connectivity index (χ1) is 6.65. The summed E-state index contributed by atoms with van der Waals surface area (Å²) in [6.07, 6.45) is 0.895. The third kappa shape index (κ3) is 3.98. The number of carbonyl (C=O) groups excluding carboxylic acids is 1. The Morgan fingerprint density at radius 2 is 2.20 bits per heavy atom. The summed E-state index contributed by atoms with van der Waals surface area (Å²) in [4.78, 5) is 11.5. The Morgan fingerprint density at radius 3 is 2.80 bits per heavy atom. The second kappa shape index (κ2) is 6.53. The van der Waals surface area contributed by atoms with Gasteiger partial charge < -0.3 is 11.1 Å². The Balaban J connectivity index is 0.00000196. The molecule has 15 heavy (non-hydrogen) atoms.